The van der Waals surface area contributed by atoms with Crippen molar-refractivity contribution in [3.8, 4) is 0 Å². The molecule has 1 unspecified atom stereocenters. The first kappa shape index (κ1) is 14.2. The molecule has 1 atom stereocenters. The van der Waals surface area contributed by atoms with Crippen LogP contribution >= 0.6 is 0 Å². The van der Waals surface area contributed by atoms with Gasteiger partial charge < -0.3 is 5.11 Å². The molecule has 0 radical (unpaired) electrons. The van der Waals surface area contributed by atoms with Gasteiger partial charge in [-0.15, -0.1) is 13.2 Å². The summed E-state index contributed by atoms with van der Waals surface area (Å²) in [5, 5.41) is 8.92. The third-order valence-corrected chi connectivity index (χ3v) is 4.51. The molecule has 0 aromatic rings. The van der Waals surface area contributed by atoms with Crippen molar-refractivity contribution in [2.45, 2.75) is 19.2 Å². The topological polar surface area (TPSA) is 80.7 Å². The maximum Gasteiger partial charge on any atom is 0.522 e. The zero-order valence-corrected chi connectivity index (χ0v) is 9.47. The maximum atomic E-state index is 11.7. The Morgan fingerprint density at radius 1 is 1.41 bits per heavy atom. The molecule has 100 valence electrons. The van der Waals surface area contributed by atoms with Gasteiger partial charge in [-0.05, 0) is 12.8 Å². The number of rotatable bonds is 4. The fourth-order valence-corrected chi connectivity index (χ4v) is 3.85. The quantitative estimate of drug-likeness (QED) is 0.821. The molecule has 0 aliphatic carbocycles. The van der Waals surface area contributed by atoms with E-state index in [1.165, 1.54) is 0 Å². The van der Waals surface area contributed by atoms with E-state index in [0.29, 0.717) is 0 Å². The molecule has 1 aliphatic heterocycles. The van der Waals surface area contributed by atoms with Gasteiger partial charge in [-0.2, -0.15) is 0 Å². The Labute approximate surface area is 95.5 Å². The van der Waals surface area contributed by atoms with Crippen LogP contribution in [0, 0.1) is 5.41 Å². The summed E-state index contributed by atoms with van der Waals surface area (Å²) in [6.07, 6.45) is -5.48. The Morgan fingerprint density at radius 2 is 2.00 bits per heavy atom. The predicted molar refractivity (Wildman–Crippen MR) is 50.0 cm³/mol. The number of halogens is 3. The molecule has 1 saturated heterocycles. The SMILES string of the molecule is O=C(O)C1(CCOC(F)(F)F)CCS(=O)(=O)C1. The second-order valence-electron chi connectivity index (χ2n) is 3.97. The Bertz CT molecular complexity index is 402. The summed E-state index contributed by atoms with van der Waals surface area (Å²) < 4.78 is 61.0. The lowest BCUT2D eigenvalue weighted by molar-refractivity contribution is -0.326. The maximum absolute atomic E-state index is 11.7. The molecule has 0 spiro atoms. The molecular formula is C8H11F3O5S. The minimum atomic E-state index is -4.84. The first-order valence-electron chi connectivity index (χ1n) is 4.71. The van der Waals surface area contributed by atoms with Crippen molar-refractivity contribution in [2.24, 2.45) is 5.41 Å². The van der Waals surface area contributed by atoms with Crippen LogP contribution in [0.15, 0.2) is 0 Å². The molecule has 1 heterocycles. The Kier molecular flexibility index (Phi) is 3.72. The highest BCUT2D eigenvalue weighted by molar-refractivity contribution is 7.91. The smallest absolute Gasteiger partial charge is 0.481 e. The Balaban J connectivity index is 2.66. The van der Waals surface area contributed by atoms with Crippen LogP contribution in [-0.4, -0.2) is 44.0 Å². The zero-order valence-electron chi connectivity index (χ0n) is 8.66. The van der Waals surface area contributed by atoms with Gasteiger partial charge in [0.2, 0.25) is 0 Å². The van der Waals surface area contributed by atoms with E-state index < -0.39 is 46.4 Å². The van der Waals surface area contributed by atoms with Crippen molar-refractivity contribution < 1.29 is 36.2 Å². The lowest BCUT2D eigenvalue weighted by Crippen LogP contribution is -2.34. The van der Waals surface area contributed by atoms with E-state index in [2.05, 4.69) is 4.74 Å². The van der Waals surface area contributed by atoms with Gasteiger partial charge in [-0.1, -0.05) is 0 Å². The van der Waals surface area contributed by atoms with Crippen LogP contribution in [0.3, 0.4) is 0 Å². The van der Waals surface area contributed by atoms with Crippen LogP contribution in [0.25, 0.3) is 0 Å². The molecule has 0 bridgehead atoms. The van der Waals surface area contributed by atoms with Crippen molar-refractivity contribution in [1.29, 1.82) is 0 Å². The highest BCUT2D eigenvalue weighted by Crippen LogP contribution is 2.36. The van der Waals surface area contributed by atoms with Gasteiger partial charge in [-0.25, -0.2) is 8.42 Å². The normalized spacial score (nSPS) is 28.2. The molecule has 17 heavy (non-hydrogen) atoms. The van der Waals surface area contributed by atoms with Gasteiger partial charge in [0, 0.05) is 0 Å². The number of aliphatic carboxylic acids is 1. The standard InChI is InChI=1S/C8H11F3O5S/c9-8(10,11)16-3-1-7(6(12)13)2-4-17(14,15)5-7/h1-5H2,(H,12,13). The number of hydrogen-bond donors (Lipinski definition) is 1. The number of hydrogen-bond acceptors (Lipinski definition) is 4. The number of ether oxygens (including phenoxy) is 1. The van der Waals surface area contributed by atoms with Crippen molar-refractivity contribution in [1.82, 2.24) is 0 Å². The zero-order chi connectivity index (χ0) is 13.3. The van der Waals surface area contributed by atoms with E-state index in [9.17, 15) is 26.4 Å². The van der Waals surface area contributed by atoms with Crippen LogP contribution in [0.5, 0.6) is 0 Å². The van der Waals surface area contributed by atoms with Gasteiger partial charge in [0.05, 0.1) is 23.5 Å². The van der Waals surface area contributed by atoms with E-state index in [4.69, 9.17) is 5.11 Å². The summed E-state index contributed by atoms with van der Waals surface area (Å²) in [7, 11) is -3.48. The first-order chi connectivity index (χ1) is 7.56. The van der Waals surface area contributed by atoms with Gasteiger partial charge >= 0.3 is 12.3 Å². The molecule has 0 saturated carbocycles. The summed E-state index contributed by atoms with van der Waals surface area (Å²) in [5.74, 6) is -2.34. The molecule has 0 aromatic heterocycles. The second-order valence-corrected chi connectivity index (χ2v) is 6.16. The monoisotopic (exact) mass is 276 g/mol. The number of carboxylic acids is 1. The van der Waals surface area contributed by atoms with Gasteiger partial charge in [0.1, 0.15) is 0 Å². The average molecular weight is 276 g/mol. The van der Waals surface area contributed by atoms with Crippen LogP contribution in [0.2, 0.25) is 0 Å². The number of sulfone groups is 1. The summed E-state index contributed by atoms with van der Waals surface area (Å²) in [6, 6.07) is 0. The largest absolute Gasteiger partial charge is 0.522 e. The molecule has 1 N–H and O–H groups in total. The molecule has 1 aliphatic rings. The number of alkyl halides is 3. The summed E-state index contributed by atoms with van der Waals surface area (Å²) in [4.78, 5) is 11.0. The molecule has 1 rings (SSSR count). The summed E-state index contributed by atoms with van der Waals surface area (Å²) >= 11 is 0. The van der Waals surface area contributed by atoms with Crippen molar-refractivity contribution in [3.63, 3.8) is 0 Å². The third-order valence-electron chi connectivity index (χ3n) is 2.69. The van der Waals surface area contributed by atoms with Crippen LogP contribution in [0.4, 0.5) is 13.2 Å². The summed E-state index contributed by atoms with van der Waals surface area (Å²) in [5.41, 5.74) is -1.65. The molecule has 0 amide bonds. The predicted octanol–water partition coefficient (Wildman–Crippen LogP) is 0.802. The molecular weight excluding hydrogens is 265 g/mol. The van der Waals surface area contributed by atoms with Crippen LogP contribution < -0.4 is 0 Å². The van der Waals surface area contributed by atoms with Crippen molar-refractivity contribution in [2.75, 3.05) is 18.1 Å². The second kappa shape index (κ2) is 4.45. The minimum Gasteiger partial charge on any atom is -0.481 e. The van der Waals surface area contributed by atoms with E-state index in [1.54, 1.807) is 0 Å². The van der Waals surface area contributed by atoms with E-state index in [-0.39, 0.29) is 12.2 Å². The molecule has 5 nitrogen and oxygen atoms in total. The summed E-state index contributed by atoms with van der Waals surface area (Å²) in [6.45, 7) is -0.856. The molecule has 0 aromatic carbocycles. The van der Waals surface area contributed by atoms with E-state index in [1.807, 2.05) is 0 Å². The first-order valence-corrected chi connectivity index (χ1v) is 6.53. The van der Waals surface area contributed by atoms with Crippen LogP contribution in [-0.2, 0) is 19.4 Å². The highest BCUT2D eigenvalue weighted by Gasteiger charge is 2.48. The number of carbonyl (C=O) groups is 1. The van der Waals surface area contributed by atoms with E-state index in [0.717, 1.165) is 0 Å². The Morgan fingerprint density at radius 3 is 2.35 bits per heavy atom. The van der Waals surface area contributed by atoms with Gasteiger partial charge in [0.15, 0.2) is 9.84 Å². The molecule has 9 heteroatoms. The minimum absolute atomic E-state index is 0.175. The Hall–Kier alpha value is -0.830. The number of carboxylic acid groups (broad SMARTS) is 1. The highest BCUT2D eigenvalue weighted by atomic mass is 32.2. The lowest BCUT2D eigenvalue weighted by atomic mass is 9.84. The fraction of sp³-hybridized carbons (Fsp3) is 0.875. The lowest BCUT2D eigenvalue weighted by Gasteiger charge is -2.22. The van der Waals surface area contributed by atoms with Crippen molar-refractivity contribution in [3.05, 3.63) is 0 Å². The average Bonchev–Trinajstić information content (AvgIpc) is 2.41. The van der Waals surface area contributed by atoms with Gasteiger partial charge in [-0.3, -0.25) is 9.53 Å². The van der Waals surface area contributed by atoms with Crippen molar-refractivity contribution >= 4 is 15.8 Å². The third kappa shape index (κ3) is 3.84. The fourth-order valence-electron chi connectivity index (χ4n) is 1.75. The molecule has 1 fully saturated rings. The van der Waals surface area contributed by atoms with Crippen LogP contribution in [0.1, 0.15) is 12.8 Å². The van der Waals surface area contributed by atoms with Gasteiger partial charge in [0.25, 0.3) is 0 Å². The van der Waals surface area contributed by atoms with E-state index >= 15 is 0 Å².